The van der Waals surface area contributed by atoms with Crippen LogP contribution in [-0.4, -0.2) is 25.4 Å². The summed E-state index contributed by atoms with van der Waals surface area (Å²) in [6, 6.07) is 8.99. The van der Waals surface area contributed by atoms with Gasteiger partial charge < -0.3 is 9.88 Å². The molecule has 5 heteroatoms. The number of hydrogen-bond acceptors (Lipinski definition) is 3. The van der Waals surface area contributed by atoms with Gasteiger partial charge in [-0.25, -0.2) is 4.98 Å². The van der Waals surface area contributed by atoms with Crippen LogP contribution >= 0.6 is 0 Å². The van der Waals surface area contributed by atoms with Crippen LogP contribution < -0.4 is 5.32 Å². The quantitative estimate of drug-likeness (QED) is 0.781. The molecule has 0 aliphatic carbocycles. The van der Waals surface area contributed by atoms with Gasteiger partial charge in [0.1, 0.15) is 12.2 Å². The Kier molecular flexibility index (Phi) is 3.75. The van der Waals surface area contributed by atoms with Gasteiger partial charge in [0.2, 0.25) is 0 Å². The molecule has 3 aromatic rings. The number of benzene rings is 1. The molecule has 5 nitrogen and oxygen atoms in total. The molecule has 0 radical (unpaired) electrons. The molecule has 0 bridgehead atoms. The average Bonchev–Trinajstić information content (AvgIpc) is 3.02. The van der Waals surface area contributed by atoms with Crippen molar-refractivity contribution in [2.75, 3.05) is 0 Å². The van der Waals surface area contributed by atoms with Gasteiger partial charge in [-0.15, -0.1) is 0 Å². The number of hydrogen-bond donors (Lipinski definition) is 1. The van der Waals surface area contributed by atoms with Gasteiger partial charge in [-0.1, -0.05) is 32.0 Å². The molecule has 0 aliphatic rings. The van der Waals surface area contributed by atoms with E-state index in [-0.39, 0.29) is 0 Å². The van der Waals surface area contributed by atoms with E-state index in [0.717, 1.165) is 18.9 Å². The SMILES string of the molecule is CC(C)NCc1cn(Cc2ncnn2C)c2ccccc12. The first-order valence-corrected chi connectivity index (χ1v) is 7.28. The van der Waals surface area contributed by atoms with Crippen LogP contribution in [0, 0.1) is 0 Å². The van der Waals surface area contributed by atoms with Crippen molar-refractivity contribution in [1.29, 1.82) is 0 Å². The third kappa shape index (κ3) is 2.83. The second kappa shape index (κ2) is 5.69. The van der Waals surface area contributed by atoms with Gasteiger partial charge in [0, 0.05) is 36.7 Å². The molecule has 0 saturated heterocycles. The van der Waals surface area contributed by atoms with Gasteiger partial charge in [0.25, 0.3) is 0 Å². The minimum atomic E-state index is 0.478. The van der Waals surface area contributed by atoms with Crippen LogP contribution in [0.4, 0.5) is 0 Å². The highest BCUT2D eigenvalue weighted by atomic mass is 15.3. The Labute approximate surface area is 124 Å². The van der Waals surface area contributed by atoms with Gasteiger partial charge in [-0.05, 0) is 11.6 Å². The predicted molar refractivity (Wildman–Crippen MR) is 84.0 cm³/mol. The average molecular weight is 283 g/mol. The number of para-hydroxylation sites is 1. The molecule has 110 valence electrons. The molecule has 0 spiro atoms. The molecule has 0 amide bonds. The summed E-state index contributed by atoms with van der Waals surface area (Å²) >= 11 is 0. The van der Waals surface area contributed by atoms with E-state index in [0.29, 0.717) is 6.04 Å². The Morgan fingerprint density at radius 2 is 2.05 bits per heavy atom. The zero-order valence-corrected chi connectivity index (χ0v) is 12.7. The van der Waals surface area contributed by atoms with Gasteiger partial charge in [-0.3, -0.25) is 4.68 Å². The van der Waals surface area contributed by atoms with Crippen molar-refractivity contribution in [2.45, 2.75) is 33.0 Å². The number of fused-ring (bicyclic) bond motifs is 1. The number of nitrogens with one attached hydrogen (secondary N) is 1. The molecule has 2 heterocycles. The first-order chi connectivity index (χ1) is 10.1. The number of aryl methyl sites for hydroxylation is 1. The maximum atomic E-state index is 4.32. The molecular formula is C16H21N5. The molecule has 0 unspecified atom stereocenters. The van der Waals surface area contributed by atoms with Crippen molar-refractivity contribution in [3.8, 4) is 0 Å². The van der Waals surface area contributed by atoms with Crippen molar-refractivity contribution >= 4 is 10.9 Å². The van der Waals surface area contributed by atoms with E-state index < -0.39 is 0 Å². The summed E-state index contributed by atoms with van der Waals surface area (Å²) < 4.78 is 4.07. The first-order valence-electron chi connectivity index (χ1n) is 7.28. The molecule has 1 aromatic carbocycles. The molecule has 0 saturated carbocycles. The zero-order valence-electron chi connectivity index (χ0n) is 12.7. The highest BCUT2D eigenvalue weighted by Gasteiger charge is 2.10. The number of rotatable bonds is 5. The normalized spacial score (nSPS) is 11.6. The van der Waals surface area contributed by atoms with E-state index in [1.54, 1.807) is 6.33 Å². The Bertz CT molecular complexity index is 738. The predicted octanol–water partition coefficient (Wildman–Crippen LogP) is 2.32. The smallest absolute Gasteiger partial charge is 0.146 e. The van der Waals surface area contributed by atoms with Crippen molar-refractivity contribution in [3.05, 3.63) is 48.2 Å². The minimum Gasteiger partial charge on any atom is -0.340 e. The molecular weight excluding hydrogens is 262 g/mol. The summed E-state index contributed by atoms with van der Waals surface area (Å²) in [5, 5.41) is 8.93. The summed E-state index contributed by atoms with van der Waals surface area (Å²) in [6.45, 7) is 5.94. The summed E-state index contributed by atoms with van der Waals surface area (Å²) in [6.07, 6.45) is 3.82. The first kappa shape index (κ1) is 13.8. The Morgan fingerprint density at radius 1 is 1.24 bits per heavy atom. The minimum absolute atomic E-state index is 0.478. The molecule has 21 heavy (non-hydrogen) atoms. The van der Waals surface area contributed by atoms with E-state index in [2.05, 4.69) is 64.3 Å². The third-order valence-electron chi connectivity index (χ3n) is 3.69. The molecule has 0 aliphatic heterocycles. The fraction of sp³-hybridized carbons (Fsp3) is 0.375. The van der Waals surface area contributed by atoms with Crippen molar-refractivity contribution in [3.63, 3.8) is 0 Å². The molecule has 3 rings (SSSR count). The van der Waals surface area contributed by atoms with Crippen molar-refractivity contribution < 1.29 is 0 Å². The standard InChI is InChI=1S/C16H21N5/c1-12(2)17-8-13-9-21(10-16-18-11-19-20(16)3)15-7-5-4-6-14(13)15/h4-7,9,11-12,17H,8,10H2,1-3H3. The monoisotopic (exact) mass is 283 g/mol. The molecule has 0 atom stereocenters. The van der Waals surface area contributed by atoms with Crippen LogP contribution in [0.25, 0.3) is 10.9 Å². The van der Waals surface area contributed by atoms with Crippen LogP contribution in [0.1, 0.15) is 25.2 Å². The zero-order chi connectivity index (χ0) is 14.8. The lowest BCUT2D eigenvalue weighted by molar-refractivity contribution is 0.588. The maximum absolute atomic E-state index is 4.32. The molecule has 2 aromatic heterocycles. The van der Waals surface area contributed by atoms with Gasteiger partial charge in [0.15, 0.2) is 0 Å². The summed E-state index contributed by atoms with van der Waals surface area (Å²) in [7, 11) is 1.93. The van der Waals surface area contributed by atoms with E-state index >= 15 is 0 Å². The summed E-state index contributed by atoms with van der Waals surface area (Å²) in [4.78, 5) is 4.32. The topological polar surface area (TPSA) is 47.7 Å². The largest absolute Gasteiger partial charge is 0.340 e. The van der Waals surface area contributed by atoms with Gasteiger partial charge >= 0.3 is 0 Å². The van der Waals surface area contributed by atoms with Crippen LogP contribution in [0.5, 0.6) is 0 Å². The fourth-order valence-corrected chi connectivity index (χ4v) is 2.52. The fourth-order valence-electron chi connectivity index (χ4n) is 2.52. The van der Waals surface area contributed by atoms with E-state index in [1.165, 1.54) is 16.5 Å². The summed E-state index contributed by atoms with van der Waals surface area (Å²) in [5.74, 6) is 0.958. The van der Waals surface area contributed by atoms with Crippen LogP contribution in [0.15, 0.2) is 36.8 Å². The Morgan fingerprint density at radius 3 is 2.76 bits per heavy atom. The lowest BCUT2D eigenvalue weighted by Crippen LogP contribution is -2.21. The molecule has 1 N–H and O–H groups in total. The Balaban J connectivity index is 1.96. The van der Waals surface area contributed by atoms with E-state index in [9.17, 15) is 0 Å². The Hall–Kier alpha value is -2.14. The van der Waals surface area contributed by atoms with E-state index in [1.807, 2.05) is 11.7 Å². The van der Waals surface area contributed by atoms with Crippen LogP contribution in [-0.2, 0) is 20.1 Å². The van der Waals surface area contributed by atoms with Gasteiger partial charge in [-0.2, -0.15) is 5.10 Å². The number of aromatic nitrogens is 4. The lowest BCUT2D eigenvalue weighted by Gasteiger charge is -2.06. The van der Waals surface area contributed by atoms with Crippen molar-refractivity contribution in [1.82, 2.24) is 24.6 Å². The lowest BCUT2D eigenvalue weighted by atomic mass is 10.2. The third-order valence-corrected chi connectivity index (χ3v) is 3.69. The maximum Gasteiger partial charge on any atom is 0.146 e. The molecule has 0 fully saturated rings. The van der Waals surface area contributed by atoms with Crippen molar-refractivity contribution in [2.24, 2.45) is 7.05 Å². The van der Waals surface area contributed by atoms with Gasteiger partial charge in [0.05, 0.1) is 6.54 Å². The van der Waals surface area contributed by atoms with Crippen LogP contribution in [0.3, 0.4) is 0 Å². The highest BCUT2D eigenvalue weighted by molar-refractivity contribution is 5.84. The summed E-state index contributed by atoms with van der Waals surface area (Å²) in [5.41, 5.74) is 2.56. The highest BCUT2D eigenvalue weighted by Crippen LogP contribution is 2.22. The second-order valence-electron chi connectivity index (χ2n) is 5.63. The van der Waals surface area contributed by atoms with E-state index in [4.69, 9.17) is 0 Å². The number of nitrogens with zero attached hydrogens (tertiary/aromatic N) is 4. The van der Waals surface area contributed by atoms with Crippen LogP contribution in [0.2, 0.25) is 0 Å². The second-order valence-corrected chi connectivity index (χ2v) is 5.63.